The third kappa shape index (κ3) is 1.99. The maximum absolute atomic E-state index is 11.5. The fourth-order valence-corrected chi connectivity index (χ4v) is 2.40. The Kier molecular flexibility index (Phi) is 3.18. The number of likely N-dealkylation sites (tertiary alicyclic amines) is 1. The molecule has 17 heavy (non-hydrogen) atoms. The van der Waals surface area contributed by atoms with Gasteiger partial charge >= 0.3 is 12.1 Å². The van der Waals surface area contributed by atoms with Crippen molar-refractivity contribution in [3.63, 3.8) is 0 Å². The van der Waals surface area contributed by atoms with Gasteiger partial charge in [-0.15, -0.1) is 0 Å². The van der Waals surface area contributed by atoms with Crippen LogP contribution in [-0.2, 0) is 9.59 Å². The van der Waals surface area contributed by atoms with Crippen molar-refractivity contribution in [3.8, 4) is 0 Å². The molecule has 1 rings (SSSR count). The zero-order valence-electron chi connectivity index (χ0n) is 10.2. The van der Waals surface area contributed by atoms with Crippen molar-refractivity contribution in [2.75, 3.05) is 6.54 Å². The minimum Gasteiger partial charge on any atom is -0.479 e. The van der Waals surface area contributed by atoms with Gasteiger partial charge in [0.15, 0.2) is 5.78 Å². The van der Waals surface area contributed by atoms with Crippen LogP contribution in [-0.4, -0.2) is 45.0 Å². The van der Waals surface area contributed by atoms with Crippen LogP contribution in [0.3, 0.4) is 0 Å². The van der Waals surface area contributed by atoms with E-state index in [9.17, 15) is 19.5 Å². The highest BCUT2D eigenvalue weighted by Crippen LogP contribution is 2.42. The molecule has 1 fully saturated rings. The second-order valence-corrected chi connectivity index (χ2v) is 5.32. The van der Waals surface area contributed by atoms with Gasteiger partial charge in [0.05, 0.1) is 6.54 Å². The van der Waals surface area contributed by atoms with Gasteiger partial charge in [0, 0.05) is 6.42 Å². The second-order valence-electron chi connectivity index (χ2n) is 5.32. The molecule has 1 amide bonds. The third-order valence-electron chi connectivity index (χ3n) is 3.39. The Bertz CT molecular complexity index is 371. The number of hydrogen-bond donors (Lipinski definition) is 2. The standard InChI is InChI=1S/C11H17NO5/c1-10(2,3)11(8(14)15)5-4-7(13)6-12(11)9(16)17/h4-6H2,1-3H3,(H,14,15)(H,16,17). The van der Waals surface area contributed by atoms with E-state index in [2.05, 4.69) is 0 Å². The number of piperidine rings is 1. The smallest absolute Gasteiger partial charge is 0.408 e. The van der Waals surface area contributed by atoms with E-state index in [1.165, 1.54) is 0 Å². The van der Waals surface area contributed by atoms with Crippen molar-refractivity contribution >= 4 is 17.8 Å². The van der Waals surface area contributed by atoms with Gasteiger partial charge in [-0.1, -0.05) is 20.8 Å². The maximum atomic E-state index is 11.5. The maximum Gasteiger partial charge on any atom is 0.408 e. The zero-order chi connectivity index (χ0) is 13.4. The Hall–Kier alpha value is -1.59. The molecule has 6 heteroatoms. The first-order valence-electron chi connectivity index (χ1n) is 5.38. The average Bonchev–Trinajstić information content (AvgIpc) is 2.14. The molecule has 0 aliphatic carbocycles. The zero-order valence-corrected chi connectivity index (χ0v) is 10.2. The number of ketones is 1. The van der Waals surface area contributed by atoms with Crippen LogP contribution in [0.1, 0.15) is 33.6 Å². The number of carbonyl (C=O) groups excluding carboxylic acids is 1. The molecule has 0 aromatic rings. The fraction of sp³-hybridized carbons (Fsp3) is 0.727. The van der Waals surface area contributed by atoms with Crippen LogP contribution < -0.4 is 0 Å². The lowest BCUT2D eigenvalue weighted by molar-refractivity contribution is -0.163. The highest BCUT2D eigenvalue weighted by Gasteiger charge is 2.57. The number of hydrogen-bond acceptors (Lipinski definition) is 3. The molecule has 0 aromatic heterocycles. The fourth-order valence-electron chi connectivity index (χ4n) is 2.40. The summed E-state index contributed by atoms with van der Waals surface area (Å²) in [6.45, 7) is 4.67. The minimum atomic E-state index is -1.53. The molecule has 1 aliphatic rings. The summed E-state index contributed by atoms with van der Waals surface area (Å²) >= 11 is 0. The monoisotopic (exact) mass is 243 g/mol. The van der Waals surface area contributed by atoms with Gasteiger partial charge in [0.25, 0.3) is 0 Å². The van der Waals surface area contributed by atoms with Crippen molar-refractivity contribution in [3.05, 3.63) is 0 Å². The Balaban J connectivity index is 3.32. The van der Waals surface area contributed by atoms with Gasteiger partial charge in [-0.25, -0.2) is 9.59 Å². The van der Waals surface area contributed by atoms with E-state index in [-0.39, 0.29) is 25.2 Å². The molecule has 0 aromatic carbocycles. The summed E-state index contributed by atoms with van der Waals surface area (Å²) in [4.78, 5) is 34.8. The lowest BCUT2D eigenvalue weighted by Gasteiger charge is -2.49. The van der Waals surface area contributed by atoms with E-state index in [0.717, 1.165) is 4.90 Å². The van der Waals surface area contributed by atoms with Gasteiger partial charge in [0.2, 0.25) is 0 Å². The third-order valence-corrected chi connectivity index (χ3v) is 3.39. The number of amides is 1. The summed E-state index contributed by atoms with van der Waals surface area (Å²) < 4.78 is 0. The first kappa shape index (κ1) is 13.5. The number of nitrogens with zero attached hydrogens (tertiary/aromatic N) is 1. The predicted octanol–water partition coefficient (Wildman–Crippen LogP) is 1.20. The quantitative estimate of drug-likeness (QED) is 0.721. The number of Topliss-reactive ketones (excluding diaryl/α,β-unsaturated/α-hetero) is 1. The first-order valence-corrected chi connectivity index (χ1v) is 5.38. The molecule has 6 nitrogen and oxygen atoms in total. The van der Waals surface area contributed by atoms with Gasteiger partial charge in [0.1, 0.15) is 5.54 Å². The normalized spacial score (nSPS) is 25.8. The highest BCUT2D eigenvalue weighted by molar-refractivity contribution is 5.92. The Morgan fingerprint density at radius 1 is 1.29 bits per heavy atom. The van der Waals surface area contributed by atoms with E-state index >= 15 is 0 Å². The molecule has 1 aliphatic heterocycles. The molecule has 2 N–H and O–H groups in total. The second kappa shape index (κ2) is 4.01. The minimum absolute atomic E-state index is 0.0248. The SMILES string of the molecule is CC(C)(C)C1(C(=O)O)CCC(=O)CN1C(=O)O. The molecule has 1 heterocycles. The van der Waals surface area contributed by atoms with Crippen LogP contribution in [0.4, 0.5) is 4.79 Å². The first-order chi connectivity index (χ1) is 7.63. The number of carboxylic acids is 1. The largest absolute Gasteiger partial charge is 0.479 e. The summed E-state index contributed by atoms with van der Waals surface area (Å²) in [7, 11) is 0. The summed E-state index contributed by atoms with van der Waals surface area (Å²) in [5, 5.41) is 18.5. The molecule has 1 saturated heterocycles. The van der Waals surface area contributed by atoms with Crippen molar-refractivity contribution in [2.24, 2.45) is 5.41 Å². The molecular formula is C11H17NO5. The van der Waals surface area contributed by atoms with Gasteiger partial charge in [-0.3, -0.25) is 9.69 Å². The topological polar surface area (TPSA) is 94.9 Å². The molecule has 96 valence electrons. The van der Waals surface area contributed by atoms with E-state index in [4.69, 9.17) is 5.11 Å². The van der Waals surface area contributed by atoms with Crippen molar-refractivity contribution in [1.29, 1.82) is 0 Å². The predicted molar refractivity (Wildman–Crippen MR) is 58.8 cm³/mol. The Morgan fingerprint density at radius 3 is 2.18 bits per heavy atom. The van der Waals surface area contributed by atoms with Gasteiger partial charge < -0.3 is 10.2 Å². The summed E-state index contributed by atoms with van der Waals surface area (Å²) in [5.41, 5.74) is -2.31. The molecular weight excluding hydrogens is 226 g/mol. The number of carbonyl (C=O) groups is 3. The molecule has 0 bridgehead atoms. The van der Waals surface area contributed by atoms with Crippen LogP contribution in [0.15, 0.2) is 0 Å². The average molecular weight is 243 g/mol. The molecule has 0 radical (unpaired) electrons. The highest BCUT2D eigenvalue weighted by atomic mass is 16.4. The number of aliphatic carboxylic acids is 1. The van der Waals surface area contributed by atoms with E-state index < -0.39 is 23.0 Å². The molecule has 1 atom stereocenters. The lowest BCUT2D eigenvalue weighted by Crippen LogP contribution is -2.67. The van der Waals surface area contributed by atoms with Gasteiger partial charge in [-0.2, -0.15) is 0 Å². The Morgan fingerprint density at radius 2 is 1.82 bits per heavy atom. The van der Waals surface area contributed by atoms with E-state index in [1.807, 2.05) is 0 Å². The summed E-state index contributed by atoms with van der Waals surface area (Å²) in [6, 6.07) is 0. The van der Waals surface area contributed by atoms with Crippen molar-refractivity contribution in [2.45, 2.75) is 39.2 Å². The van der Waals surface area contributed by atoms with Crippen LogP contribution in [0, 0.1) is 5.41 Å². The number of rotatable bonds is 1. The van der Waals surface area contributed by atoms with Crippen molar-refractivity contribution in [1.82, 2.24) is 4.90 Å². The van der Waals surface area contributed by atoms with E-state index in [1.54, 1.807) is 20.8 Å². The lowest BCUT2D eigenvalue weighted by atomic mass is 9.68. The van der Waals surface area contributed by atoms with Crippen LogP contribution in [0.5, 0.6) is 0 Å². The van der Waals surface area contributed by atoms with E-state index in [0.29, 0.717) is 0 Å². The Labute approximate surface area is 99.2 Å². The van der Waals surface area contributed by atoms with Crippen LogP contribution >= 0.6 is 0 Å². The van der Waals surface area contributed by atoms with Gasteiger partial charge in [-0.05, 0) is 11.8 Å². The molecule has 1 unspecified atom stereocenters. The summed E-state index contributed by atoms with van der Waals surface area (Å²) in [5.74, 6) is -1.44. The summed E-state index contributed by atoms with van der Waals surface area (Å²) in [6.07, 6.45) is -1.24. The number of carboxylic acid groups (broad SMARTS) is 2. The van der Waals surface area contributed by atoms with Crippen molar-refractivity contribution < 1.29 is 24.6 Å². The van der Waals surface area contributed by atoms with Crippen LogP contribution in [0.2, 0.25) is 0 Å². The molecule has 0 saturated carbocycles. The van der Waals surface area contributed by atoms with Crippen LogP contribution in [0.25, 0.3) is 0 Å². The molecule has 0 spiro atoms.